The first kappa shape index (κ1) is 11.5. The molecule has 0 bridgehead atoms. The largest absolute Gasteiger partial charge is 0.197 e. The number of benzene rings is 1. The quantitative estimate of drug-likeness (QED) is 0.794. The van der Waals surface area contributed by atoms with Gasteiger partial charge < -0.3 is 0 Å². The molecule has 0 spiro atoms. The van der Waals surface area contributed by atoms with Gasteiger partial charge in [0, 0.05) is 6.42 Å². The van der Waals surface area contributed by atoms with E-state index in [-0.39, 0.29) is 4.75 Å². The van der Waals surface area contributed by atoms with Gasteiger partial charge in [0.15, 0.2) is 0 Å². The standard InChI is InChI=1S/C14H17NS/c1-2-12-4-6-13(7-5-12)10-14(11-15)8-3-9-16-14/h4-7H,2-3,8-10H2,1H3. The Morgan fingerprint density at radius 1 is 1.31 bits per heavy atom. The summed E-state index contributed by atoms with van der Waals surface area (Å²) in [5.41, 5.74) is 2.67. The Balaban J connectivity index is 2.11. The van der Waals surface area contributed by atoms with Crippen LogP contribution in [0.3, 0.4) is 0 Å². The minimum atomic E-state index is -0.145. The molecule has 1 aliphatic heterocycles. The minimum absolute atomic E-state index is 0.145. The maximum Gasteiger partial charge on any atom is 0.106 e. The Hall–Kier alpha value is -0.940. The van der Waals surface area contributed by atoms with Crippen molar-refractivity contribution in [2.75, 3.05) is 5.75 Å². The Morgan fingerprint density at radius 3 is 2.50 bits per heavy atom. The predicted molar refractivity (Wildman–Crippen MR) is 69.6 cm³/mol. The van der Waals surface area contributed by atoms with E-state index in [1.165, 1.54) is 17.5 Å². The van der Waals surface area contributed by atoms with E-state index in [1.807, 2.05) is 11.8 Å². The smallest absolute Gasteiger partial charge is 0.106 e. The number of nitrogens with zero attached hydrogens (tertiary/aromatic N) is 1. The van der Waals surface area contributed by atoms with Crippen LogP contribution in [0.1, 0.15) is 30.9 Å². The van der Waals surface area contributed by atoms with Crippen molar-refractivity contribution in [3.05, 3.63) is 35.4 Å². The van der Waals surface area contributed by atoms with Crippen LogP contribution in [0.2, 0.25) is 0 Å². The topological polar surface area (TPSA) is 23.8 Å². The first-order valence-electron chi connectivity index (χ1n) is 5.91. The third-order valence-corrected chi connectivity index (χ3v) is 4.71. The first-order chi connectivity index (χ1) is 7.78. The lowest BCUT2D eigenvalue weighted by atomic mass is 9.95. The van der Waals surface area contributed by atoms with Gasteiger partial charge in [-0.3, -0.25) is 0 Å². The molecule has 1 aliphatic rings. The van der Waals surface area contributed by atoms with Crippen LogP contribution in [0.4, 0.5) is 0 Å². The fourth-order valence-electron chi connectivity index (χ4n) is 2.19. The molecule has 0 aromatic heterocycles. The number of nitriles is 1. The molecule has 1 aromatic carbocycles. The second kappa shape index (κ2) is 4.93. The molecular weight excluding hydrogens is 214 g/mol. The van der Waals surface area contributed by atoms with Crippen molar-refractivity contribution in [2.24, 2.45) is 0 Å². The van der Waals surface area contributed by atoms with Crippen LogP contribution in [0.15, 0.2) is 24.3 Å². The minimum Gasteiger partial charge on any atom is -0.197 e. The zero-order valence-electron chi connectivity index (χ0n) is 9.70. The number of rotatable bonds is 3. The van der Waals surface area contributed by atoms with E-state index in [2.05, 4.69) is 37.3 Å². The highest BCUT2D eigenvalue weighted by molar-refractivity contribution is 8.01. The fourth-order valence-corrected chi connectivity index (χ4v) is 3.49. The highest BCUT2D eigenvalue weighted by atomic mass is 32.2. The van der Waals surface area contributed by atoms with E-state index in [9.17, 15) is 5.26 Å². The van der Waals surface area contributed by atoms with Crippen molar-refractivity contribution in [3.8, 4) is 6.07 Å². The molecule has 0 amide bonds. The van der Waals surface area contributed by atoms with Gasteiger partial charge in [0.2, 0.25) is 0 Å². The summed E-state index contributed by atoms with van der Waals surface area (Å²) in [5, 5.41) is 9.31. The molecule has 1 saturated heterocycles. The second-order valence-electron chi connectivity index (χ2n) is 4.40. The van der Waals surface area contributed by atoms with Gasteiger partial charge in [0.1, 0.15) is 4.75 Å². The predicted octanol–water partition coefficient (Wildman–Crippen LogP) is 3.58. The average molecular weight is 231 g/mol. The molecule has 0 saturated carbocycles. The monoisotopic (exact) mass is 231 g/mol. The molecule has 1 fully saturated rings. The van der Waals surface area contributed by atoms with Gasteiger partial charge in [0.25, 0.3) is 0 Å². The summed E-state index contributed by atoms with van der Waals surface area (Å²) < 4.78 is -0.145. The maximum absolute atomic E-state index is 9.31. The van der Waals surface area contributed by atoms with Gasteiger partial charge in [-0.2, -0.15) is 5.26 Å². The molecule has 16 heavy (non-hydrogen) atoms. The van der Waals surface area contributed by atoms with E-state index < -0.39 is 0 Å². The van der Waals surface area contributed by atoms with Crippen molar-refractivity contribution < 1.29 is 0 Å². The number of hydrogen-bond donors (Lipinski definition) is 0. The molecule has 1 atom stereocenters. The van der Waals surface area contributed by atoms with Crippen molar-refractivity contribution >= 4 is 11.8 Å². The average Bonchev–Trinajstić information content (AvgIpc) is 2.79. The number of hydrogen-bond acceptors (Lipinski definition) is 2. The van der Waals surface area contributed by atoms with Crippen LogP contribution in [0, 0.1) is 11.3 Å². The highest BCUT2D eigenvalue weighted by Crippen LogP contribution is 2.40. The van der Waals surface area contributed by atoms with Gasteiger partial charge in [-0.15, -0.1) is 11.8 Å². The van der Waals surface area contributed by atoms with E-state index in [4.69, 9.17) is 0 Å². The normalized spacial score (nSPS) is 24.2. The van der Waals surface area contributed by atoms with E-state index in [0.717, 1.165) is 25.0 Å². The molecular formula is C14H17NS. The van der Waals surface area contributed by atoms with Crippen LogP contribution in [-0.4, -0.2) is 10.5 Å². The van der Waals surface area contributed by atoms with E-state index in [1.54, 1.807) is 0 Å². The van der Waals surface area contributed by atoms with Crippen LogP contribution in [0.25, 0.3) is 0 Å². The van der Waals surface area contributed by atoms with Crippen LogP contribution >= 0.6 is 11.8 Å². The summed E-state index contributed by atoms with van der Waals surface area (Å²) in [5.74, 6) is 1.14. The molecule has 1 aromatic rings. The van der Waals surface area contributed by atoms with Crippen LogP contribution in [0.5, 0.6) is 0 Å². The Bertz CT molecular complexity index is 382. The zero-order valence-corrected chi connectivity index (χ0v) is 10.5. The number of thioether (sulfide) groups is 1. The summed E-state index contributed by atoms with van der Waals surface area (Å²) in [4.78, 5) is 0. The molecule has 1 nitrogen and oxygen atoms in total. The van der Waals surface area contributed by atoms with Gasteiger partial charge in [0.05, 0.1) is 6.07 Å². The Morgan fingerprint density at radius 2 is 2.00 bits per heavy atom. The molecule has 84 valence electrons. The molecule has 1 unspecified atom stereocenters. The third-order valence-electron chi connectivity index (χ3n) is 3.23. The third kappa shape index (κ3) is 2.41. The maximum atomic E-state index is 9.31. The molecule has 2 heteroatoms. The molecule has 0 N–H and O–H groups in total. The van der Waals surface area contributed by atoms with Gasteiger partial charge in [-0.25, -0.2) is 0 Å². The van der Waals surface area contributed by atoms with Crippen molar-refractivity contribution in [3.63, 3.8) is 0 Å². The van der Waals surface area contributed by atoms with Crippen molar-refractivity contribution in [1.82, 2.24) is 0 Å². The highest BCUT2D eigenvalue weighted by Gasteiger charge is 2.34. The lowest BCUT2D eigenvalue weighted by molar-refractivity contribution is 0.672. The van der Waals surface area contributed by atoms with Crippen molar-refractivity contribution in [1.29, 1.82) is 5.26 Å². The Labute approximate surface area is 102 Å². The zero-order chi connectivity index (χ0) is 11.4. The lowest BCUT2D eigenvalue weighted by Gasteiger charge is -2.19. The first-order valence-corrected chi connectivity index (χ1v) is 6.89. The van der Waals surface area contributed by atoms with Crippen molar-refractivity contribution in [2.45, 2.75) is 37.4 Å². The lowest BCUT2D eigenvalue weighted by Crippen LogP contribution is -2.21. The molecule has 0 radical (unpaired) electrons. The van der Waals surface area contributed by atoms with Gasteiger partial charge in [-0.1, -0.05) is 31.2 Å². The second-order valence-corrected chi connectivity index (χ2v) is 5.88. The summed E-state index contributed by atoms with van der Waals surface area (Å²) >= 11 is 1.83. The number of aryl methyl sites for hydroxylation is 1. The summed E-state index contributed by atoms with van der Waals surface area (Å²) in [6.45, 7) is 2.17. The Kier molecular flexibility index (Phi) is 3.56. The van der Waals surface area contributed by atoms with Gasteiger partial charge >= 0.3 is 0 Å². The molecule has 1 heterocycles. The summed E-state index contributed by atoms with van der Waals surface area (Å²) in [7, 11) is 0. The fraction of sp³-hybridized carbons (Fsp3) is 0.500. The SMILES string of the molecule is CCc1ccc(CC2(C#N)CCCS2)cc1. The van der Waals surface area contributed by atoms with Crippen LogP contribution in [-0.2, 0) is 12.8 Å². The summed E-state index contributed by atoms with van der Waals surface area (Å²) in [6.07, 6.45) is 4.21. The van der Waals surface area contributed by atoms with E-state index >= 15 is 0 Å². The molecule has 2 rings (SSSR count). The summed E-state index contributed by atoms with van der Waals surface area (Å²) in [6, 6.07) is 11.2. The molecule has 0 aliphatic carbocycles. The van der Waals surface area contributed by atoms with Crippen LogP contribution < -0.4 is 0 Å². The van der Waals surface area contributed by atoms with E-state index in [0.29, 0.717) is 0 Å². The van der Waals surface area contributed by atoms with Gasteiger partial charge in [-0.05, 0) is 36.1 Å².